The zero-order valence-corrected chi connectivity index (χ0v) is 17.8. The number of rotatable bonds is 8. The number of ether oxygens (including phenoxy) is 3. The third-order valence-electron chi connectivity index (χ3n) is 6.02. The molecule has 8 nitrogen and oxygen atoms in total. The lowest BCUT2D eigenvalue weighted by Crippen LogP contribution is -2.38. The molecule has 1 aromatic rings. The van der Waals surface area contributed by atoms with Crippen molar-refractivity contribution in [2.75, 3.05) is 27.9 Å². The smallest absolute Gasteiger partial charge is 0.307 e. The summed E-state index contributed by atoms with van der Waals surface area (Å²) in [5.41, 5.74) is 0.698. The molecular formula is C22H30N2O6. The van der Waals surface area contributed by atoms with E-state index in [1.165, 1.54) is 14.2 Å². The lowest BCUT2D eigenvalue weighted by Gasteiger charge is -2.24. The van der Waals surface area contributed by atoms with Gasteiger partial charge in [0, 0.05) is 19.0 Å². The Kier molecular flexibility index (Phi) is 7.18. The summed E-state index contributed by atoms with van der Waals surface area (Å²) < 4.78 is 15.4. The molecule has 164 valence electrons. The standard InChI is InChI=1S/C22H30N2O6/c1-28-18-9-8-14(10-19(18)29-2)17(12-21(26)30-3)23-22(27)15-11-20(25)24(13-15)16-6-4-5-7-16/h8-10,15-17H,4-7,11-13H2,1-3H3,(H,23,27). The van der Waals surface area contributed by atoms with Crippen molar-refractivity contribution in [1.29, 1.82) is 0 Å². The molecule has 0 bridgehead atoms. The van der Waals surface area contributed by atoms with Gasteiger partial charge in [0.1, 0.15) is 0 Å². The van der Waals surface area contributed by atoms with Crippen LogP contribution in [0.1, 0.15) is 50.1 Å². The molecule has 30 heavy (non-hydrogen) atoms. The van der Waals surface area contributed by atoms with Crippen LogP contribution in [0, 0.1) is 5.92 Å². The molecule has 2 fully saturated rings. The summed E-state index contributed by atoms with van der Waals surface area (Å²) >= 11 is 0. The van der Waals surface area contributed by atoms with Crippen molar-refractivity contribution in [1.82, 2.24) is 10.2 Å². The first kappa shape index (κ1) is 21.9. The minimum Gasteiger partial charge on any atom is -0.493 e. The molecule has 1 N–H and O–H groups in total. The van der Waals surface area contributed by atoms with Crippen LogP contribution in [-0.4, -0.2) is 56.6 Å². The number of hydrogen-bond donors (Lipinski definition) is 1. The number of amides is 2. The van der Waals surface area contributed by atoms with E-state index in [1.807, 2.05) is 4.90 Å². The van der Waals surface area contributed by atoms with Crippen LogP contribution < -0.4 is 14.8 Å². The fraction of sp³-hybridized carbons (Fsp3) is 0.591. The molecule has 2 aliphatic rings. The highest BCUT2D eigenvalue weighted by Gasteiger charge is 2.39. The molecule has 1 heterocycles. The van der Waals surface area contributed by atoms with E-state index in [9.17, 15) is 14.4 Å². The van der Waals surface area contributed by atoms with Crippen molar-refractivity contribution in [3.63, 3.8) is 0 Å². The molecule has 0 radical (unpaired) electrons. The highest BCUT2D eigenvalue weighted by molar-refractivity contribution is 5.90. The number of nitrogens with one attached hydrogen (secondary N) is 1. The van der Waals surface area contributed by atoms with Gasteiger partial charge in [-0.25, -0.2) is 0 Å². The molecule has 2 unspecified atom stereocenters. The summed E-state index contributed by atoms with van der Waals surface area (Å²) in [6, 6.07) is 4.90. The van der Waals surface area contributed by atoms with Crippen molar-refractivity contribution in [2.24, 2.45) is 5.92 Å². The monoisotopic (exact) mass is 418 g/mol. The maximum atomic E-state index is 13.0. The Morgan fingerprint density at radius 3 is 2.47 bits per heavy atom. The van der Waals surface area contributed by atoms with Crippen LogP contribution in [0.4, 0.5) is 0 Å². The topological polar surface area (TPSA) is 94.2 Å². The van der Waals surface area contributed by atoms with Gasteiger partial charge in [0.15, 0.2) is 11.5 Å². The molecule has 1 aromatic carbocycles. The van der Waals surface area contributed by atoms with Gasteiger partial charge in [-0.2, -0.15) is 0 Å². The molecule has 1 aliphatic heterocycles. The van der Waals surface area contributed by atoms with Crippen molar-refractivity contribution in [2.45, 2.75) is 50.6 Å². The normalized spacial score (nSPS) is 20.2. The highest BCUT2D eigenvalue weighted by atomic mass is 16.5. The van der Waals surface area contributed by atoms with Gasteiger partial charge in [0.25, 0.3) is 0 Å². The molecule has 0 spiro atoms. The zero-order valence-electron chi connectivity index (χ0n) is 17.8. The average molecular weight is 418 g/mol. The first-order chi connectivity index (χ1) is 14.5. The number of methoxy groups -OCH3 is 3. The summed E-state index contributed by atoms with van der Waals surface area (Å²) in [7, 11) is 4.38. The van der Waals surface area contributed by atoms with Gasteiger partial charge in [-0.1, -0.05) is 18.9 Å². The Morgan fingerprint density at radius 2 is 1.83 bits per heavy atom. The Labute approximate surface area is 176 Å². The molecule has 0 aromatic heterocycles. The maximum Gasteiger partial charge on any atom is 0.307 e. The molecule has 2 amide bonds. The second kappa shape index (κ2) is 9.82. The lowest BCUT2D eigenvalue weighted by atomic mass is 10.0. The minimum atomic E-state index is -0.597. The summed E-state index contributed by atoms with van der Waals surface area (Å²) in [6.45, 7) is 0.437. The van der Waals surface area contributed by atoms with E-state index in [1.54, 1.807) is 25.3 Å². The molecular weight excluding hydrogens is 388 g/mol. The van der Waals surface area contributed by atoms with Gasteiger partial charge in [0.05, 0.1) is 39.7 Å². The molecule has 1 saturated heterocycles. The van der Waals surface area contributed by atoms with Gasteiger partial charge in [-0.3, -0.25) is 14.4 Å². The average Bonchev–Trinajstić information content (AvgIpc) is 3.42. The van der Waals surface area contributed by atoms with Crippen LogP contribution in [-0.2, 0) is 19.1 Å². The maximum absolute atomic E-state index is 13.0. The predicted octanol–water partition coefficient (Wildman–Crippen LogP) is 2.22. The zero-order chi connectivity index (χ0) is 21.7. The van der Waals surface area contributed by atoms with E-state index in [0.717, 1.165) is 25.7 Å². The van der Waals surface area contributed by atoms with Crippen LogP contribution in [0.15, 0.2) is 18.2 Å². The third kappa shape index (κ3) is 4.86. The Hall–Kier alpha value is -2.77. The number of esters is 1. The SMILES string of the molecule is COC(=O)CC(NC(=O)C1CC(=O)N(C2CCCC2)C1)c1ccc(OC)c(OC)c1. The van der Waals surface area contributed by atoms with Crippen molar-refractivity contribution >= 4 is 17.8 Å². The van der Waals surface area contributed by atoms with Crippen LogP contribution in [0.5, 0.6) is 11.5 Å². The molecule has 1 aliphatic carbocycles. The van der Waals surface area contributed by atoms with Gasteiger partial charge >= 0.3 is 5.97 Å². The predicted molar refractivity (Wildman–Crippen MR) is 109 cm³/mol. The Bertz CT molecular complexity index is 790. The van der Waals surface area contributed by atoms with Crippen LogP contribution in [0.2, 0.25) is 0 Å². The van der Waals surface area contributed by atoms with Crippen molar-refractivity contribution < 1.29 is 28.6 Å². The number of likely N-dealkylation sites (tertiary alicyclic amines) is 1. The quantitative estimate of drug-likeness (QED) is 0.651. The van der Waals surface area contributed by atoms with Crippen molar-refractivity contribution in [3.8, 4) is 11.5 Å². The molecule has 1 saturated carbocycles. The highest BCUT2D eigenvalue weighted by Crippen LogP contribution is 2.33. The van der Waals surface area contributed by atoms with Gasteiger partial charge < -0.3 is 24.4 Å². The Balaban J connectivity index is 1.74. The summed E-state index contributed by atoms with van der Waals surface area (Å²) in [5, 5.41) is 2.95. The number of carbonyl (C=O) groups excluding carboxylic acids is 3. The van der Waals surface area contributed by atoms with Crippen LogP contribution >= 0.6 is 0 Å². The van der Waals surface area contributed by atoms with E-state index in [0.29, 0.717) is 23.6 Å². The van der Waals surface area contributed by atoms with Gasteiger partial charge in [-0.15, -0.1) is 0 Å². The summed E-state index contributed by atoms with van der Waals surface area (Å²) in [4.78, 5) is 39.3. The molecule has 3 rings (SSSR count). The van der Waals surface area contributed by atoms with E-state index in [2.05, 4.69) is 5.32 Å². The van der Waals surface area contributed by atoms with E-state index in [-0.39, 0.29) is 30.7 Å². The fourth-order valence-electron chi connectivity index (χ4n) is 4.34. The van der Waals surface area contributed by atoms with Crippen LogP contribution in [0.3, 0.4) is 0 Å². The minimum absolute atomic E-state index is 0.0231. The van der Waals surface area contributed by atoms with E-state index < -0.39 is 17.9 Å². The second-order valence-corrected chi connectivity index (χ2v) is 7.84. The Morgan fingerprint density at radius 1 is 1.13 bits per heavy atom. The largest absolute Gasteiger partial charge is 0.493 e. The number of benzene rings is 1. The summed E-state index contributed by atoms with van der Waals surface area (Å²) in [6.07, 6.45) is 4.47. The van der Waals surface area contributed by atoms with Crippen molar-refractivity contribution in [3.05, 3.63) is 23.8 Å². The second-order valence-electron chi connectivity index (χ2n) is 7.84. The first-order valence-electron chi connectivity index (χ1n) is 10.3. The van der Waals surface area contributed by atoms with E-state index >= 15 is 0 Å². The third-order valence-corrected chi connectivity index (χ3v) is 6.02. The lowest BCUT2D eigenvalue weighted by molar-refractivity contribution is -0.141. The summed E-state index contributed by atoms with van der Waals surface area (Å²) in [5.74, 6) is 0.00864. The fourth-order valence-corrected chi connectivity index (χ4v) is 4.34. The molecule has 8 heteroatoms. The van der Waals surface area contributed by atoms with E-state index in [4.69, 9.17) is 14.2 Å². The number of hydrogen-bond acceptors (Lipinski definition) is 6. The van der Waals surface area contributed by atoms with Gasteiger partial charge in [-0.05, 0) is 30.5 Å². The first-order valence-corrected chi connectivity index (χ1v) is 10.3. The number of nitrogens with zero attached hydrogens (tertiary/aromatic N) is 1. The molecule has 2 atom stereocenters. The van der Waals surface area contributed by atoms with Crippen LogP contribution in [0.25, 0.3) is 0 Å². The number of carbonyl (C=O) groups is 3. The van der Waals surface area contributed by atoms with Gasteiger partial charge in [0.2, 0.25) is 11.8 Å².